The lowest BCUT2D eigenvalue weighted by atomic mass is 10.1. The van der Waals surface area contributed by atoms with Crippen LogP contribution in [0.4, 0.5) is 11.4 Å². The third kappa shape index (κ3) is 2.13. The monoisotopic (exact) mass is 291 g/mol. The van der Waals surface area contributed by atoms with Gasteiger partial charge in [-0.1, -0.05) is 18.2 Å². The molecule has 4 heteroatoms. The van der Waals surface area contributed by atoms with Gasteiger partial charge in [-0.3, -0.25) is 0 Å². The second-order valence-electron chi connectivity index (χ2n) is 5.39. The van der Waals surface area contributed by atoms with Crippen LogP contribution >= 0.6 is 0 Å². The first-order chi connectivity index (χ1) is 10.8. The van der Waals surface area contributed by atoms with E-state index in [0.29, 0.717) is 0 Å². The van der Waals surface area contributed by atoms with Crippen molar-refractivity contribution >= 4 is 11.4 Å². The van der Waals surface area contributed by atoms with Gasteiger partial charge in [-0.25, -0.2) is 4.98 Å². The SMILES string of the molecule is COc1ccc2c(c1)Cn1ccnc1CN2c1ccccc1. The summed E-state index contributed by atoms with van der Waals surface area (Å²) in [4.78, 5) is 6.81. The average Bonchev–Trinajstić information content (AvgIpc) is 2.94. The first kappa shape index (κ1) is 13.0. The molecule has 0 saturated heterocycles. The van der Waals surface area contributed by atoms with Crippen molar-refractivity contribution < 1.29 is 4.74 Å². The molecular weight excluding hydrogens is 274 g/mol. The zero-order valence-electron chi connectivity index (χ0n) is 12.4. The van der Waals surface area contributed by atoms with Crippen LogP contribution in [-0.2, 0) is 13.1 Å². The van der Waals surface area contributed by atoms with E-state index in [1.807, 2.05) is 24.5 Å². The number of rotatable bonds is 2. The summed E-state index contributed by atoms with van der Waals surface area (Å²) in [5.41, 5.74) is 3.61. The summed E-state index contributed by atoms with van der Waals surface area (Å²) in [7, 11) is 1.70. The molecule has 0 radical (unpaired) electrons. The summed E-state index contributed by atoms with van der Waals surface area (Å²) in [5.74, 6) is 1.95. The fraction of sp³-hybridized carbons (Fsp3) is 0.167. The molecule has 1 aromatic heterocycles. The predicted octanol–water partition coefficient (Wildman–Crippen LogP) is 3.59. The quantitative estimate of drug-likeness (QED) is 0.723. The van der Waals surface area contributed by atoms with Crippen LogP contribution in [0, 0.1) is 0 Å². The normalized spacial score (nSPS) is 13.2. The van der Waals surface area contributed by atoms with Gasteiger partial charge in [0.1, 0.15) is 11.6 Å². The summed E-state index contributed by atoms with van der Waals surface area (Å²) in [6.45, 7) is 1.57. The molecule has 0 N–H and O–H groups in total. The Morgan fingerprint density at radius 1 is 1.05 bits per heavy atom. The molecule has 0 amide bonds. The summed E-state index contributed by atoms with van der Waals surface area (Å²) in [6, 6.07) is 16.7. The third-order valence-corrected chi connectivity index (χ3v) is 4.09. The predicted molar refractivity (Wildman–Crippen MR) is 86.6 cm³/mol. The minimum absolute atomic E-state index is 0.760. The van der Waals surface area contributed by atoms with Crippen LogP contribution in [0.1, 0.15) is 11.4 Å². The van der Waals surface area contributed by atoms with Crippen molar-refractivity contribution in [2.75, 3.05) is 12.0 Å². The highest BCUT2D eigenvalue weighted by atomic mass is 16.5. The van der Waals surface area contributed by atoms with E-state index in [0.717, 1.165) is 24.7 Å². The maximum absolute atomic E-state index is 5.39. The zero-order valence-corrected chi connectivity index (χ0v) is 12.4. The Labute approximate surface area is 129 Å². The van der Waals surface area contributed by atoms with Crippen molar-refractivity contribution in [2.45, 2.75) is 13.1 Å². The Balaban J connectivity index is 1.88. The molecule has 1 aliphatic rings. The number of imidazole rings is 1. The summed E-state index contributed by atoms with van der Waals surface area (Å²) in [5, 5.41) is 0. The molecule has 110 valence electrons. The maximum atomic E-state index is 5.39. The molecule has 1 aliphatic heterocycles. The van der Waals surface area contributed by atoms with Crippen LogP contribution in [-0.4, -0.2) is 16.7 Å². The lowest BCUT2D eigenvalue weighted by Gasteiger charge is -2.24. The lowest BCUT2D eigenvalue weighted by Crippen LogP contribution is -2.17. The molecule has 0 atom stereocenters. The third-order valence-electron chi connectivity index (χ3n) is 4.09. The van der Waals surface area contributed by atoms with Crippen LogP contribution in [0.2, 0.25) is 0 Å². The number of anilines is 2. The summed E-state index contributed by atoms with van der Waals surface area (Å²) >= 11 is 0. The van der Waals surface area contributed by atoms with Gasteiger partial charge in [0.25, 0.3) is 0 Å². The van der Waals surface area contributed by atoms with Gasteiger partial charge in [-0.2, -0.15) is 0 Å². The van der Waals surface area contributed by atoms with E-state index in [9.17, 15) is 0 Å². The number of para-hydroxylation sites is 1. The van der Waals surface area contributed by atoms with Crippen LogP contribution in [0.3, 0.4) is 0 Å². The van der Waals surface area contributed by atoms with Gasteiger partial charge >= 0.3 is 0 Å². The van der Waals surface area contributed by atoms with E-state index in [1.165, 1.54) is 16.9 Å². The van der Waals surface area contributed by atoms with E-state index < -0.39 is 0 Å². The van der Waals surface area contributed by atoms with Gasteiger partial charge in [0.2, 0.25) is 0 Å². The van der Waals surface area contributed by atoms with Crippen LogP contribution < -0.4 is 9.64 Å². The smallest absolute Gasteiger partial charge is 0.129 e. The lowest BCUT2D eigenvalue weighted by molar-refractivity contribution is 0.414. The molecule has 22 heavy (non-hydrogen) atoms. The molecule has 0 spiro atoms. The fourth-order valence-corrected chi connectivity index (χ4v) is 2.96. The zero-order chi connectivity index (χ0) is 14.9. The molecule has 2 aromatic carbocycles. The molecule has 2 heterocycles. The highest BCUT2D eigenvalue weighted by Crippen LogP contribution is 2.35. The largest absolute Gasteiger partial charge is 0.497 e. The maximum Gasteiger partial charge on any atom is 0.129 e. The Hall–Kier alpha value is -2.75. The van der Waals surface area contributed by atoms with Gasteiger partial charge in [-0.15, -0.1) is 0 Å². The molecule has 0 unspecified atom stereocenters. The Morgan fingerprint density at radius 3 is 2.73 bits per heavy atom. The van der Waals surface area contributed by atoms with Crippen molar-refractivity contribution in [3.63, 3.8) is 0 Å². The number of hydrogen-bond donors (Lipinski definition) is 0. The highest BCUT2D eigenvalue weighted by molar-refractivity contribution is 5.68. The highest BCUT2D eigenvalue weighted by Gasteiger charge is 2.21. The first-order valence-corrected chi connectivity index (χ1v) is 7.34. The van der Waals surface area contributed by atoms with E-state index in [2.05, 4.69) is 50.8 Å². The Kier molecular flexibility index (Phi) is 3.07. The van der Waals surface area contributed by atoms with Crippen LogP contribution in [0.5, 0.6) is 5.75 Å². The average molecular weight is 291 g/mol. The summed E-state index contributed by atoms with van der Waals surface area (Å²) in [6.07, 6.45) is 3.90. The van der Waals surface area contributed by atoms with Crippen molar-refractivity contribution in [1.82, 2.24) is 9.55 Å². The van der Waals surface area contributed by atoms with Crippen molar-refractivity contribution in [3.8, 4) is 5.75 Å². The molecule has 3 aromatic rings. The molecule has 4 rings (SSSR count). The summed E-state index contributed by atoms with van der Waals surface area (Å²) < 4.78 is 7.58. The van der Waals surface area contributed by atoms with Crippen LogP contribution in [0.25, 0.3) is 0 Å². The van der Waals surface area contributed by atoms with Gasteiger partial charge < -0.3 is 14.2 Å². The van der Waals surface area contributed by atoms with Gasteiger partial charge in [0.05, 0.1) is 20.2 Å². The van der Waals surface area contributed by atoms with E-state index in [4.69, 9.17) is 4.74 Å². The minimum Gasteiger partial charge on any atom is -0.497 e. The van der Waals surface area contributed by atoms with Gasteiger partial charge in [0, 0.05) is 23.8 Å². The minimum atomic E-state index is 0.760. The molecular formula is C18H17N3O. The second kappa shape index (κ2) is 5.22. The van der Waals surface area contributed by atoms with E-state index in [-0.39, 0.29) is 0 Å². The van der Waals surface area contributed by atoms with Crippen molar-refractivity contribution in [3.05, 3.63) is 72.3 Å². The standard InChI is InChI=1S/C18H17N3O/c1-22-16-7-8-17-14(11-16)12-20-10-9-19-18(20)13-21(17)15-5-3-2-4-6-15/h2-11H,12-13H2,1H3. The molecule has 0 fully saturated rings. The number of ether oxygens (including phenoxy) is 1. The van der Waals surface area contributed by atoms with E-state index in [1.54, 1.807) is 7.11 Å². The van der Waals surface area contributed by atoms with E-state index >= 15 is 0 Å². The fourth-order valence-electron chi connectivity index (χ4n) is 2.96. The Morgan fingerprint density at radius 2 is 1.91 bits per heavy atom. The first-order valence-electron chi connectivity index (χ1n) is 7.34. The number of fused-ring (bicyclic) bond motifs is 2. The second-order valence-corrected chi connectivity index (χ2v) is 5.39. The molecule has 0 bridgehead atoms. The topological polar surface area (TPSA) is 30.3 Å². The number of methoxy groups -OCH3 is 1. The van der Waals surface area contributed by atoms with Crippen LogP contribution in [0.15, 0.2) is 60.9 Å². The molecule has 0 saturated carbocycles. The number of benzene rings is 2. The number of aromatic nitrogens is 2. The van der Waals surface area contributed by atoms with Gasteiger partial charge in [0.15, 0.2) is 0 Å². The number of nitrogens with zero attached hydrogens (tertiary/aromatic N) is 3. The molecule has 4 nitrogen and oxygen atoms in total. The van der Waals surface area contributed by atoms with Gasteiger partial charge in [-0.05, 0) is 35.9 Å². The number of hydrogen-bond acceptors (Lipinski definition) is 3. The van der Waals surface area contributed by atoms with Crippen molar-refractivity contribution in [1.29, 1.82) is 0 Å². The Bertz CT molecular complexity index is 795. The molecule has 0 aliphatic carbocycles. The van der Waals surface area contributed by atoms with Crippen molar-refractivity contribution in [2.24, 2.45) is 0 Å².